The number of hydrogen-bond donors (Lipinski definition) is 2. The van der Waals surface area contributed by atoms with Crippen molar-refractivity contribution in [3.8, 4) is 0 Å². The van der Waals surface area contributed by atoms with Crippen LogP contribution in [0.15, 0.2) is 0 Å². The van der Waals surface area contributed by atoms with Gasteiger partial charge < -0.3 is 5.73 Å². The molecule has 16 heavy (non-hydrogen) atoms. The SMILES string of the molecule is Cl.Cl.NC1CCN(C2CC(=O)NC2=O)CC1. The van der Waals surface area contributed by atoms with Crippen molar-refractivity contribution in [1.82, 2.24) is 10.2 Å². The lowest BCUT2D eigenvalue weighted by molar-refractivity contribution is -0.126. The van der Waals surface area contributed by atoms with Crippen LogP contribution in [0.5, 0.6) is 0 Å². The smallest absolute Gasteiger partial charge is 0.244 e. The minimum Gasteiger partial charge on any atom is -0.328 e. The van der Waals surface area contributed by atoms with Gasteiger partial charge >= 0.3 is 0 Å². The molecule has 0 bridgehead atoms. The lowest BCUT2D eigenvalue weighted by Gasteiger charge is -2.32. The number of imide groups is 1. The van der Waals surface area contributed by atoms with Crippen LogP contribution in [0.25, 0.3) is 0 Å². The minimum atomic E-state index is -0.241. The van der Waals surface area contributed by atoms with Crippen LogP contribution in [0.3, 0.4) is 0 Å². The second-order valence-corrected chi connectivity index (χ2v) is 4.01. The summed E-state index contributed by atoms with van der Waals surface area (Å²) in [6.07, 6.45) is 2.14. The Kier molecular flexibility index (Phi) is 6.25. The lowest BCUT2D eigenvalue weighted by Crippen LogP contribution is -2.47. The van der Waals surface area contributed by atoms with Gasteiger partial charge in [0.2, 0.25) is 11.8 Å². The van der Waals surface area contributed by atoms with Crippen LogP contribution in [0, 0.1) is 0 Å². The number of carbonyl (C=O) groups is 2. The van der Waals surface area contributed by atoms with E-state index in [1.165, 1.54) is 0 Å². The van der Waals surface area contributed by atoms with E-state index >= 15 is 0 Å². The molecule has 0 aromatic heterocycles. The molecule has 94 valence electrons. The molecular formula is C9H17Cl2N3O2. The molecule has 7 heteroatoms. The normalized spacial score (nSPS) is 26.9. The van der Waals surface area contributed by atoms with E-state index in [0.29, 0.717) is 6.42 Å². The maximum absolute atomic E-state index is 11.4. The first kappa shape index (κ1) is 15.6. The van der Waals surface area contributed by atoms with E-state index in [-0.39, 0.29) is 48.7 Å². The van der Waals surface area contributed by atoms with E-state index in [9.17, 15) is 9.59 Å². The third-order valence-electron chi connectivity index (χ3n) is 2.96. The molecule has 2 heterocycles. The summed E-state index contributed by atoms with van der Waals surface area (Å²) in [4.78, 5) is 24.4. The van der Waals surface area contributed by atoms with Gasteiger partial charge in [0.1, 0.15) is 0 Å². The largest absolute Gasteiger partial charge is 0.328 e. The van der Waals surface area contributed by atoms with Crippen LogP contribution in [0.1, 0.15) is 19.3 Å². The summed E-state index contributed by atoms with van der Waals surface area (Å²) in [6, 6.07) is 0.0152. The Morgan fingerprint density at radius 3 is 2.19 bits per heavy atom. The number of rotatable bonds is 1. The number of nitrogens with zero attached hydrogens (tertiary/aromatic N) is 1. The van der Waals surface area contributed by atoms with E-state index in [2.05, 4.69) is 10.2 Å². The summed E-state index contributed by atoms with van der Waals surface area (Å²) in [5.74, 6) is -0.305. The number of piperidine rings is 1. The molecule has 5 nitrogen and oxygen atoms in total. The number of nitrogens with two attached hydrogens (primary N) is 1. The van der Waals surface area contributed by atoms with E-state index in [1.807, 2.05) is 0 Å². The van der Waals surface area contributed by atoms with Gasteiger partial charge in [0.25, 0.3) is 0 Å². The van der Waals surface area contributed by atoms with Crippen LogP contribution in [0.4, 0.5) is 0 Å². The highest BCUT2D eigenvalue weighted by atomic mass is 35.5. The Labute approximate surface area is 107 Å². The van der Waals surface area contributed by atoms with Crippen molar-refractivity contribution in [2.45, 2.75) is 31.3 Å². The van der Waals surface area contributed by atoms with Crippen molar-refractivity contribution >= 4 is 36.6 Å². The highest BCUT2D eigenvalue weighted by Crippen LogP contribution is 2.16. The predicted octanol–water partition coefficient (Wildman–Crippen LogP) is -0.332. The summed E-state index contributed by atoms with van der Waals surface area (Å²) >= 11 is 0. The molecule has 0 aliphatic carbocycles. The fourth-order valence-electron chi connectivity index (χ4n) is 2.07. The van der Waals surface area contributed by atoms with Crippen molar-refractivity contribution in [2.75, 3.05) is 13.1 Å². The van der Waals surface area contributed by atoms with Crippen molar-refractivity contribution in [3.05, 3.63) is 0 Å². The van der Waals surface area contributed by atoms with Gasteiger partial charge in [-0.25, -0.2) is 0 Å². The summed E-state index contributed by atoms with van der Waals surface area (Å²) in [5.41, 5.74) is 5.76. The van der Waals surface area contributed by atoms with Gasteiger partial charge in [0, 0.05) is 19.1 Å². The molecule has 2 aliphatic heterocycles. The van der Waals surface area contributed by atoms with Gasteiger partial charge in [0.05, 0.1) is 12.5 Å². The number of amides is 2. The maximum Gasteiger partial charge on any atom is 0.244 e. The Balaban J connectivity index is 0.00000112. The first-order valence-electron chi connectivity index (χ1n) is 5.00. The number of nitrogens with one attached hydrogen (secondary N) is 1. The number of carbonyl (C=O) groups excluding carboxylic acids is 2. The molecular weight excluding hydrogens is 253 g/mol. The summed E-state index contributed by atoms with van der Waals surface area (Å²) < 4.78 is 0. The fourth-order valence-corrected chi connectivity index (χ4v) is 2.07. The van der Waals surface area contributed by atoms with Gasteiger partial charge in [-0.3, -0.25) is 19.8 Å². The molecule has 1 atom stereocenters. The highest BCUT2D eigenvalue weighted by Gasteiger charge is 2.36. The molecule has 2 aliphatic rings. The van der Waals surface area contributed by atoms with Gasteiger partial charge in [-0.1, -0.05) is 0 Å². The third kappa shape index (κ3) is 3.31. The standard InChI is InChI=1S/C9H15N3O2.2ClH/c10-6-1-3-12(4-2-6)7-5-8(13)11-9(7)14;;/h6-7H,1-5,10H2,(H,11,13,14);2*1H. The molecule has 0 spiro atoms. The molecule has 2 fully saturated rings. The molecule has 0 aromatic rings. The molecule has 0 saturated carbocycles. The minimum absolute atomic E-state index is 0. The van der Waals surface area contributed by atoms with Crippen LogP contribution < -0.4 is 11.1 Å². The van der Waals surface area contributed by atoms with Crippen molar-refractivity contribution in [2.24, 2.45) is 5.73 Å². The second-order valence-electron chi connectivity index (χ2n) is 4.01. The van der Waals surface area contributed by atoms with Crippen LogP contribution in [-0.2, 0) is 9.59 Å². The third-order valence-corrected chi connectivity index (χ3v) is 2.96. The Bertz CT molecular complexity index is 267. The highest BCUT2D eigenvalue weighted by molar-refractivity contribution is 6.05. The summed E-state index contributed by atoms with van der Waals surface area (Å²) in [7, 11) is 0. The van der Waals surface area contributed by atoms with Gasteiger partial charge in [-0.05, 0) is 12.8 Å². The van der Waals surface area contributed by atoms with E-state index in [0.717, 1.165) is 25.9 Å². The lowest BCUT2D eigenvalue weighted by atomic mass is 10.0. The topological polar surface area (TPSA) is 75.4 Å². The summed E-state index contributed by atoms with van der Waals surface area (Å²) in [6.45, 7) is 1.65. The average molecular weight is 270 g/mol. The maximum atomic E-state index is 11.4. The first-order chi connectivity index (χ1) is 6.66. The van der Waals surface area contributed by atoms with Gasteiger partial charge in [-0.2, -0.15) is 0 Å². The molecule has 0 aromatic carbocycles. The number of hydrogen-bond acceptors (Lipinski definition) is 4. The second kappa shape index (κ2) is 6.39. The van der Waals surface area contributed by atoms with Crippen molar-refractivity contribution in [3.63, 3.8) is 0 Å². The zero-order valence-corrected chi connectivity index (χ0v) is 10.5. The Morgan fingerprint density at radius 2 is 1.75 bits per heavy atom. The van der Waals surface area contributed by atoms with E-state index < -0.39 is 0 Å². The van der Waals surface area contributed by atoms with Gasteiger partial charge in [-0.15, -0.1) is 24.8 Å². The predicted molar refractivity (Wildman–Crippen MR) is 64.8 cm³/mol. The number of likely N-dealkylation sites (tertiary alicyclic amines) is 1. The average Bonchev–Trinajstić information content (AvgIpc) is 2.47. The molecule has 3 N–H and O–H groups in total. The van der Waals surface area contributed by atoms with Crippen LogP contribution >= 0.6 is 24.8 Å². The quantitative estimate of drug-likeness (QED) is 0.640. The molecule has 2 saturated heterocycles. The Morgan fingerprint density at radius 1 is 1.19 bits per heavy atom. The summed E-state index contributed by atoms with van der Waals surface area (Å²) in [5, 5.41) is 2.32. The van der Waals surface area contributed by atoms with Crippen LogP contribution in [-0.4, -0.2) is 41.9 Å². The number of halogens is 2. The monoisotopic (exact) mass is 269 g/mol. The van der Waals surface area contributed by atoms with Crippen molar-refractivity contribution in [1.29, 1.82) is 0 Å². The first-order valence-corrected chi connectivity index (χ1v) is 5.00. The fraction of sp³-hybridized carbons (Fsp3) is 0.778. The van der Waals surface area contributed by atoms with Crippen molar-refractivity contribution < 1.29 is 9.59 Å². The van der Waals surface area contributed by atoms with E-state index in [4.69, 9.17) is 5.73 Å². The zero-order valence-electron chi connectivity index (χ0n) is 8.85. The molecule has 2 amide bonds. The zero-order chi connectivity index (χ0) is 10.1. The van der Waals surface area contributed by atoms with E-state index in [1.54, 1.807) is 0 Å². The van der Waals surface area contributed by atoms with Gasteiger partial charge in [0.15, 0.2) is 0 Å². The molecule has 1 unspecified atom stereocenters. The molecule has 2 rings (SSSR count). The Hall–Kier alpha value is -0.360. The van der Waals surface area contributed by atoms with Crippen LogP contribution in [0.2, 0.25) is 0 Å². The molecule has 0 radical (unpaired) electrons.